The number of carbonyl (C=O) groups is 2. The molecule has 1 rings (SSSR count). The highest BCUT2D eigenvalue weighted by Crippen LogP contribution is 2.34. The van der Waals surface area contributed by atoms with Gasteiger partial charge in [-0.2, -0.15) is 0 Å². The number of ketones is 2. The minimum absolute atomic E-state index is 0.0710. The Hall–Kier alpha value is -1.72. The molecule has 0 heterocycles. The molecule has 6 heteroatoms. The number of rotatable bonds is 8. The number of halogens is 2. The number of methoxy groups -OCH3 is 2. The van der Waals surface area contributed by atoms with Gasteiger partial charge in [-0.1, -0.05) is 26.7 Å². The van der Waals surface area contributed by atoms with E-state index in [0.29, 0.717) is 12.8 Å². The quantitative estimate of drug-likeness (QED) is 0.510. The summed E-state index contributed by atoms with van der Waals surface area (Å²) in [6.07, 6.45) is -2.17. The molecule has 4 nitrogen and oxygen atoms in total. The van der Waals surface area contributed by atoms with E-state index in [-0.39, 0.29) is 35.5 Å². The van der Waals surface area contributed by atoms with Crippen molar-refractivity contribution in [2.75, 3.05) is 14.2 Å². The van der Waals surface area contributed by atoms with Gasteiger partial charge in [0.1, 0.15) is 12.3 Å². The second kappa shape index (κ2) is 8.06. The molecule has 2 atom stereocenters. The maximum atomic E-state index is 14.3. The van der Waals surface area contributed by atoms with E-state index in [1.807, 2.05) is 0 Å². The van der Waals surface area contributed by atoms with Crippen LogP contribution in [0.5, 0.6) is 0 Å². The fourth-order valence-corrected chi connectivity index (χ4v) is 2.47. The number of allylic oxidation sites excluding steroid dienone is 2. The number of alkyl halides is 2. The average Bonchev–Trinajstić information content (AvgIpc) is 2.49. The zero-order valence-corrected chi connectivity index (χ0v) is 13.4. The first-order chi connectivity index (χ1) is 10.4. The Labute approximate surface area is 129 Å². The number of carbonyl (C=O) groups excluding carboxylic acids is 2. The number of ether oxygens (including phenoxy) is 2. The number of hydrogen-bond acceptors (Lipinski definition) is 4. The van der Waals surface area contributed by atoms with Crippen molar-refractivity contribution < 1.29 is 27.8 Å². The smallest absolute Gasteiger partial charge is 0.236 e. The molecule has 0 amide bonds. The zero-order chi connectivity index (χ0) is 16.9. The molecule has 124 valence electrons. The van der Waals surface area contributed by atoms with Crippen LogP contribution in [0.4, 0.5) is 8.78 Å². The van der Waals surface area contributed by atoms with Crippen LogP contribution in [0.2, 0.25) is 0 Å². The van der Waals surface area contributed by atoms with Gasteiger partial charge in [-0.25, -0.2) is 8.78 Å². The molecule has 0 fully saturated rings. The average molecular weight is 316 g/mol. The van der Waals surface area contributed by atoms with Crippen LogP contribution in [-0.4, -0.2) is 38.1 Å². The predicted octanol–water partition coefficient (Wildman–Crippen LogP) is 3.22. The highest BCUT2D eigenvalue weighted by Gasteiger charge is 2.42. The zero-order valence-electron chi connectivity index (χ0n) is 13.4. The molecule has 0 aromatic heterocycles. The standard InChI is InChI=1S/C16H22F2O4/c1-5-7-9(17)11-13(19)14(20)12(10(18)8-6-2)16(22-4)15(11)21-3/h9-10H,5-8H2,1-4H3. The van der Waals surface area contributed by atoms with Gasteiger partial charge in [-0.05, 0) is 12.8 Å². The molecule has 1 aliphatic rings. The first-order valence-corrected chi connectivity index (χ1v) is 7.38. The maximum absolute atomic E-state index is 14.3. The summed E-state index contributed by atoms with van der Waals surface area (Å²) in [6.45, 7) is 3.51. The minimum Gasteiger partial charge on any atom is -0.492 e. The van der Waals surface area contributed by atoms with E-state index in [9.17, 15) is 18.4 Å². The summed E-state index contributed by atoms with van der Waals surface area (Å²) < 4.78 is 38.6. The molecule has 0 saturated carbocycles. The Bertz CT molecular complexity index is 462. The molecule has 0 aromatic rings. The molecule has 0 radical (unpaired) electrons. The van der Waals surface area contributed by atoms with E-state index in [2.05, 4.69) is 0 Å². The summed E-state index contributed by atoms with van der Waals surface area (Å²) in [6, 6.07) is 0. The highest BCUT2D eigenvalue weighted by atomic mass is 19.1. The van der Waals surface area contributed by atoms with Gasteiger partial charge in [0.15, 0.2) is 11.5 Å². The van der Waals surface area contributed by atoms with Crippen molar-refractivity contribution in [1.29, 1.82) is 0 Å². The first-order valence-electron chi connectivity index (χ1n) is 7.38. The van der Waals surface area contributed by atoms with Gasteiger partial charge in [0.2, 0.25) is 11.6 Å². The molecule has 22 heavy (non-hydrogen) atoms. The van der Waals surface area contributed by atoms with Gasteiger partial charge in [0, 0.05) is 0 Å². The maximum Gasteiger partial charge on any atom is 0.236 e. The molecular formula is C16H22F2O4. The van der Waals surface area contributed by atoms with E-state index >= 15 is 0 Å². The highest BCUT2D eigenvalue weighted by molar-refractivity contribution is 6.50. The molecule has 0 saturated heterocycles. The topological polar surface area (TPSA) is 52.6 Å². The Kier molecular flexibility index (Phi) is 6.71. The van der Waals surface area contributed by atoms with Crippen LogP contribution < -0.4 is 0 Å². The van der Waals surface area contributed by atoms with Crippen LogP contribution in [0, 0.1) is 0 Å². The fraction of sp³-hybridized carbons (Fsp3) is 0.625. The van der Waals surface area contributed by atoms with Gasteiger partial charge in [0.25, 0.3) is 0 Å². The summed E-state index contributed by atoms with van der Waals surface area (Å²) in [4.78, 5) is 24.4. The Balaban J connectivity index is 3.49. The molecule has 0 aromatic carbocycles. The van der Waals surface area contributed by atoms with Gasteiger partial charge < -0.3 is 9.47 Å². The van der Waals surface area contributed by atoms with Crippen molar-refractivity contribution in [1.82, 2.24) is 0 Å². The number of Topliss-reactive ketones (excluding diaryl/α,β-unsaturated/α-hetero) is 2. The SMILES string of the molecule is CCCC(F)C1=C(OC)C(OC)=C(C(F)CCC)C(=O)C1=O. The van der Waals surface area contributed by atoms with Crippen molar-refractivity contribution in [3.05, 3.63) is 22.7 Å². The van der Waals surface area contributed by atoms with Crippen molar-refractivity contribution in [3.8, 4) is 0 Å². The van der Waals surface area contributed by atoms with Crippen LogP contribution >= 0.6 is 0 Å². The molecule has 0 bridgehead atoms. The van der Waals surface area contributed by atoms with Gasteiger partial charge in [-0.3, -0.25) is 9.59 Å². The largest absolute Gasteiger partial charge is 0.492 e. The monoisotopic (exact) mass is 316 g/mol. The molecular weight excluding hydrogens is 294 g/mol. The second-order valence-electron chi connectivity index (χ2n) is 5.06. The predicted molar refractivity (Wildman–Crippen MR) is 77.7 cm³/mol. The molecule has 2 unspecified atom stereocenters. The van der Waals surface area contributed by atoms with Crippen LogP contribution in [-0.2, 0) is 19.1 Å². The lowest BCUT2D eigenvalue weighted by Gasteiger charge is -2.25. The number of hydrogen-bond donors (Lipinski definition) is 0. The summed E-state index contributed by atoms with van der Waals surface area (Å²) in [5.41, 5.74) is -0.753. The van der Waals surface area contributed by atoms with Crippen molar-refractivity contribution in [2.45, 2.75) is 51.9 Å². The summed E-state index contributed by atoms with van der Waals surface area (Å²) in [5, 5.41) is 0. The van der Waals surface area contributed by atoms with Crippen LogP contribution in [0.15, 0.2) is 22.7 Å². The summed E-state index contributed by atoms with van der Waals surface area (Å²) in [5.74, 6) is -2.46. The Morgan fingerprint density at radius 2 is 1.14 bits per heavy atom. The fourth-order valence-electron chi connectivity index (χ4n) is 2.47. The molecule has 1 aliphatic carbocycles. The first kappa shape index (κ1) is 18.3. The van der Waals surface area contributed by atoms with E-state index in [0.717, 1.165) is 0 Å². The van der Waals surface area contributed by atoms with E-state index in [1.54, 1.807) is 13.8 Å². The molecule has 0 spiro atoms. The third-order valence-corrected chi connectivity index (χ3v) is 3.51. The van der Waals surface area contributed by atoms with Crippen LogP contribution in [0.25, 0.3) is 0 Å². The third-order valence-electron chi connectivity index (χ3n) is 3.51. The normalized spacial score (nSPS) is 18.6. The van der Waals surface area contributed by atoms with Crippen molar-refractivity contribution in [2.24, 2.45) is 0 Å². The summed E-state index contributed by atoms with van der Waals surface area (Å²) in [7, 11) is 2.47. The lowest BCUT2D eigenvalue weighted by atomic mass is 9.86. The Morgan fingerprint density at radius 3 is 1.36 bits per heavy atom. The van der Waals surface area contributed by atoms with Gasteiger partial charge in [0.05, 0.1) is 25.4 Å². The Morgan fingerprint density at radius 1 is 0.818 bits per heavy atom. The van der Waals surface area contributed by atoms with Crippen LogP contribution in [0.1, 0.15) is 39.5 Å². The van der Waals surface area contributed by atoms with E-state index in [4.69, 9.17) is 9.47 Å². The van der Waals surface area contributed by atoms with Gasteiger partial charge >= 0.3 is 0 Å². The second-order valence-corrected chi connectivity index (χ2v) is 5.06. The van der Waals surface area contributed by atoms with Crippen LogP contribution in [0.3, 0.4) is 0 Å². The molecule has 0 aliphatic heterocycles. The van der Waals surface area contributed by atoms with Gasteiger partial charge in [-0.15, -0.1) is 0 Å². The van der Waals surface area contributed by atoms with Crippen molar-refractivity contribution in [3.63, 3.8) is 0 Å². The van der Waals surface area contributed by atoms with Crippen molar-refractivity contribution >= 4 is 11.6 Å². The lowest BCUT2D eigenvalue weighted by Crippen LogP contribution is -2.34. The third kappa shape index (κ3) is 3.36. The van der Waals surface area contributed by atoms with E-state index in [1.165, 1.54) is 14.2 Å². The van der Waals surface area contributed by atoms with E-state index < -0.39 is 23.9 Å². The lowest BCUT2D eigenvalue weighted by molar-refractivity contribution is -0.133. The molecule has 0 N–H and O–H groups in total. The minimum atomic E-state index is -1.65. The summed E-state index contributed by atoms with van der Waals surface area (Å²) >= 11 is 0.